The quantitative estimate of drug-likeness (QED) is 0.776. The summed E-state index contributed by atoms with van der Waals surface area (Å²) < 4.78 is 1.08. The number of nitrogens with one attached hydrogen (secondary N) is 1. The van der Waals surface area contributed by atoms with Crippen LogP contribution in [-0.4, -0.2) is 6.04 Å². The highest BCUT2D eigenvalue weighted by Crippen LogP contribution is 2.42. The summed E-state index contributed by atoms with van der Waals surface area (Å²) >= 11 is 9.60. The number of hydrogen-bond donors (Lipinski definition) is 1. The van der Waals surface area contributed by atoms with Gasteiger partial charge < -0.3 is 5.32 Å². The van der Waals surface area contributed by atoms with Gasteiger partial charge in [0.25, 0.3) is 0 Å². The van der Waals surface area contributed by atoms with E-state index in [1.807, 2.05) is 18.2 Å². The maximum atomic E-state index is 6.03. The molecule has 17 heavy (non-hydrogen) atoms. The Morgan fingerprint density at radius 2 is 2.06 bits per heavy atom. The van der Waals surface area contributed by atoms with Crippen LogP contribution in [0.2, 0.25) is 5.02 Å². The smallest absolute Gasteiger partial charge is 0.0501 e. The fourth-order valence-corrected chi connectivity index (χ4v) is 3.43. The first-order valence-electron chi connectivity index (χ1n) is 6.09. The summed E-state index contributed by atoms with van der Waals surface area (Å²) in [7, 11) is 0. The Hall–Kier alpha value is -0.210. The van der Waals surface area contributed by atoms with Crippen LogP contribution in [0.15, 0.2) is 22.7 Å². The van der Waals surface area contributed by atoms with Gasteiger partial charge in [-0.1, -0.05) is 32.4 Å². The molecule has 2 rings (SSSR count). The monoisotopic (exact) mass is 315 g/mol. The lowest BCUT2D eigenvalue weighted by molar-refractivity contribution is 0.366. The zero-order valence-electron chi connectivity index (χ0n) is 10.6. The molecule has 0 aliphatic heterocycles. The zero-order chi connectivity index (χ0) is 12.6. The van der Waals surface area contributed by atoms with Gasteiger partial charge in [0.05, 0.1) is 5.69 Å². The topological polar surface area (TPSA) is 12.0 Å². The molecule has 1 N–H and O–H groups in total. The molecule has 1 aliphatic carbocycles. The minimum atomic E-state index is 0.447. The lowest BCUT2D eigenvalue weighted by Gasteiger charge is -2.20. The Morgan fingerprint density at radius 3 is 2.65 bits per heavy atom. The number of anilines is 1. The van der Waals surface area contributed by atoms with Crippen molar-refractivity contribution in [3.05, 3.63) is 27.7 Å². The SMILES string of the molecule is CC1CC(C)(C)CC1Nc1cc(Cl)ccc1Br. The lowest BCUT2D eigenvalue weighted by Crippen LogP contribution is -2.22. The van der Waals surface area contributed by atoms with Crippen LogP contribution in [0.1, 0.15) is 33.6 Å². The van der Waals surface area contributed by atoms with Gasteiger partial charge in [0.15, 0.2) is 0 Å². The molecule has 2 unspecified atom stereocenters. The molecule has 1 fully saturated rings. The lowest BCUT2D eigenvalue weighted by atomic mass is 9.91. The van der Waals surface area contributed by atoms with E-state index in [4.69, 9.17) is 11.6 Å². The Morgan fingerprint density at radius 1 is 1.35 bits per heavy atom. The van der Waals surface area contributed by atoms with Crippen LogP contribution in [0, 0.1) is 11.3 Å². The molecular weight excluding hydrogens is 298 g/mol. The number of rotatable bonds is 2. The highest BCUT2D eigenvalue weighted by atomic mass is 79.9. The fraction of sp³-hybridized carbons (Fsp3) is 0.571. The van der Waals surface area contributed by atoms with E-state index in [2.05, 4.69) is 42.0 Å². The second kappa shape index (κ2) is 4.81. The van der Waals surface area contributed by atoms with Crippen LogP contribution >= 0.6 is 27.5 Å². The van der Waals surface area contributed by atoms with Crippen LogP contribution in [0.4, 0.5) is 5.69 Å². The molecule has 0 radical (unpaired) electrons. The summed E-state index contributed by atoms with van der Waals surface area (Å²) in [4.78, 5) is 0. The van der Waals surface area contributed by atoms with Crippen LogP contribution < -0.4 is 5.32 Å². The maximum Gasteiger partial charge on any atom is 0.0501 e. The van der Waals surface area contributed by atoms with Crippen LogP contribution in [0.25, 0.3) is 0 Å². The Kier molecular flexibility index (Phi) is 3.74. The van der Waals surface area contributed by atoms with Crippen molar-refractivity contribution in [1.29, 1.82) is 0 Å². The van der Waals surface area contributed by atoms with E-state index in [0.29, 0.717) is 17.4 Å². The third-order valence-corrected chi connectivity index (χ3v) is 4.53. The molecule has 1 nitrogen and oxygen atoms in total. The highest BCUT2D eigenvalue weighted by Gasteiger charge is 2.36. The molecule has 0 bridgehead atoms. The Balaban J connectivity index is 2.14. The average molecular weight is 317 g/mol. The van der Waals surface area contributed by atoms with E-state index < -0.39 is 0 Å². The number of hydrogen-bond acceptors (Lipinski definition) is 1. The van der Waals surface area contributed by atoms with Crippen LogP contribution in [0.5, 0.6) is 0 Å². The summed E-state index contributed by atoms with van der Waals surface area (Å²) in [5.41, 5.74) is 1.55. The third kappa shape index (κ3) is 3.17. The predicted octanol–water partition coefficient (Wildman–Crippen LogP) is 5.34. The van der Waals surface area contributed by atoms with Crippen LogP contribution in [0.3, 0.4) is 0 Å². The van der Waals surface area contributed by atoms with Crippen molar-refractivity contribution in [3.63, 3.8) is 0 Å². The minimum Gasteiger partial charge on any atom is -0.381 e. The summed E-state index contributed by atoms with van der Waals surface area (Å²) in [5, 5.41) is 4.40. The van der Waals surface area contributed by atoms with Crippen molar-refractivity contribution in [3.8, 4) is 0 Å². The average Bonchev–Trinajstić information content (AvgIpc) is 2.46. The molecule has 0 saturated heterocycles. The maximum absolute atomic E-state index is 6.03. The zero-order valence-corrected chi connectivity index (χ0v) is 12.9. The molecule has 0 aromatic heterocycles. The summed E-state index contributed by atoms with van der Waals surface area (Å²) in [6.07, 6.45) is 2.50. The molecule has 3 heteroatoms. The van der Waals surface area contributed by atoms with Gasteiger partial charge in [-0.25, -0.2) is 0 Å². The molecule has 0 amide bonds. The van der Waals surface area contributed by atoms with E-state index in [0.717, 1.165) is 15.2 Å². The van der Waals surface area contributed by atoms with E-state index in [-0.39, 0.29) is 0 Å². The largest absolute Gasteiger partial charge is 0.381 e. The standard InChI is InChI=1S/C14H19BrClN/c1-9-7-14(2,3)8-13(9)17-12-6-10(16)4-5-11(12)15/h4-6,9,13,17H,7-8H2,1-3H3. The van der Waals surface area contributed by atoms with E-state index in [1.54, 1.807) is 0 Å². The molecule has 1 aliphatic rings. The minimum absolute atomic E-state index is 0.447. The van der Waals surface area contributed by atoms with Gasteiger partial charge in [-0.2, -0.15) is 0 Å². The fourth-order valence-electron chi connectivity index (χ4n) is 2.89. The molecule has 1 saturated carbocycles. The van der Waals surface area contributed by atoms with Crippen molar-refractivity contribution >= 4 is 33.2 Å². The molecule has 2 atom stereocenters. The first-order chi connectivity index (χ1) is 7.87. The highest BCUT2D eigenvalue weighted by molar-refractivity contribution is 9.10. The first-order valence-corrected chi connectivity index (χ1v) is 7.26. The molecule has 1 aromatic carbocycles. The van der Waals surface area contributed by atoms with Crippen molar-refractivity contribution < 1.29 is 0 Å². The number of halogens is 2. The summed E-state index contributed by atoms with van der Waals surface area (Å²) in [5.74, 6) is 0.705. The van der Waals surface area contributed by atoms with Gasteiger partial charge in [-0.3, -0.25) is 0 Å². The van der Waals surface area contributed by atoms with Gasteiger partial charge in [0.2, 0.25) is 0 Å². The van der Waals surface area contributed by atoms with Gasteiger partial charge in [-0.05, 0) is 58.3 Å². The molecule has 0 spiro atoms. The Labute approximate surface area is 117 Å². The van der Waals surface area contributed by atoms with Crippen molar-refractivity contribution in [1.82, 2.24) is 0 Å². The normalized spacial score (nSPS) is 27.1. The van der Waals surface area contributed by atoms with Crippen LogP contribution in [-0.2, 0) is 0 Å². The van der Waals surface area contributed by atoms with Crippen molar-refractivity contribution in [2.45, 2.75) is 39.7 Å². The Bertz CT molecular complexity index is 417. The van der Waals surface area contributed by atoms with Gasteiger partial charge >= 0.3 is 0 Å². The molecule has 0 heterocycles. The van der Waals surface area contributed by atoms with Crippen molar-refractivity contribution in [2.75, 3.05) is 5.32 Å². The van der Waals surface area contributed by atoms with E-state index in [9.17, 15) is 0 Å². The van der Waals surface area contributed by atoms with E-state index in [1.165, 1.54) is 12.8 Å². The predicted molar refractivity (Wildman–Crippen MR) is 78.7 cm³/mol. The molecule has 94 valence electrons. The van der Waals surface area contributed by atoms with E-state index >= 15 is 0 Å². The van der Waals surface area contributed by atoms with Gasteiger partial charge in [0, 0.05) is 15.5 Å². The summed E-state index contributed by atoms with van der Waals surface area (Å²) in [6, 6.07) is 6.43. The summed E-state index contributed by atoms with van der Waals surface area (Å²) in [6.45, 7) is 7.02. The second-order valence-corrected chi connectivity index (χ2v) is 7.22. The number of benzene rings is 1. The van der Waals surface area contributed by atoms with Crippen molar-refractivity contribution in [2.24, 2.45) is 11.3 Å². The van der Waals surface area contributed by atoms with Gasteiger partial charge in [-0.15, -0.1) is 0 Å². The molecular formula is C14H19BrClN. The molecule has 1 aromatic rings. The second-order valence-electron chi connectivity index (χ2n) is 5.92. The first kappa shape index (κ1) is 13.2. The third-order valence-electron chi connectivity index (χ3n) is 3.60. The van der Waals surface area contributed by atoms with Gasteiger partial charge in [0.1, 0.15) is 0 Å².